The third-order valence-corrected chi connectivity index (χ3v) is 7.98. The maximum atomic E-state index is 13.3. The molecule has 1 atom stereocenters. The van der Waals surface area contributed by atoms with E-state index in [1.165, 1.54) is 27.4 Å². The number of hydrogen-bond donors (Lipinski definition) is 1. The van der Waals surface area contributed by atoms with E-state index in [-0.39, 0.29) is 22.1 Å². The normalized spacial score (nSPS) is 25.6. The minimum atomic E-state index is -1.19. The van der Waals surface area contributed by atoms with Crippen LogP contribution >= 0.6 is 0 Å². The Morgan fingerprint density at radius 1 is 1.12 bits per heavy atom. The van der Waals surface area contributed by atoms with Crippen molar-refractivity contribution in [1.29, 1.82) is 0 Å². The van der Waals surface area contributed by atoms with E-state index in [9.17, 15) is 14.7 Å². The van der Waals surface area contributed by atoms with Crippen LogP contribution in [0.4, 0.5) is 11.4 Å². The van der Waals surface area contributed by atoms with E-state index in [2.05, 4.69) is 36.8 Å². The Bertz CT molecular complexity index is 1290. The lowest BCUT2D eigenvalue weighted by Gasteiger charge is -2.55. The molecule has 4 aliphatic rings. The minimum absolute atomic E-state index is 0.0292. The maximum Gasteiger partial charge on any atom is 0.357 e. The van der Waals surface area contributed by atoms with E-state index in [0.717, 1.165) is 37.9 Å². The van der Waals surface area contributed by atoms with Gasteiger partial charge in [0.25, 0.3) is 5.91 Å². The highest BCUT2D eigenvalue weighted by atomic mass is 16.4. The Balaban J connectivity index is 1.52. The molecule has 3 aliphatic heterocycles. The molecule has 1 N–H and O–H groups in total. The van der Waals surface area contributed by atoms with Crippen molar-refractivity contribution < 1.29 is 14.7 Å². The van der Waals surface area contributed by atoms with Crippen molar-refractivity contribution in [2.75, 3.05) is 23.0 Å². The largest absolute Gasteiger partial charge is 0.476 e. The first kappa shape index (κ1) is 20.2. The van der Waals surface area contributed by atoms with Gasteiger partial charge in [0.2, 0.25) is 0 Å². The van der Waals surface area contributed by atoms with E-state index >= 15 is 0 Å². The molecule has 2 aromatic carbocycles. The molecule has 1 amide bonds. The van der Waals surface area contributed by atoms with Gasteiger partial charge < -0.3 is 10.0 Å². The quantitative estimate of drug-likeness (QED) is 0.723. The van der Waals surface area contributed by atoms with Gasteiger partial charge in [-0.1, -0.05) is 39.0 Å². The summed E-state index contributed by atoms with van der Waals surface area (Å²) in [6.07, 6.45) is 4.94. The molecule has 6 rings (SSSR count). The number of nitrogens with zero attached hydrogens (tertiary/aromatic N) is 3. The monoisotopic (exact) mass is 441 g/mol. The summed E-state index contributed by atoms with van der Waals surface area (Å²) in [4.78, 5) is 27.9. The van der Waals surface area contributed by atoms with Gasteiger partial charge in [-0.3, -0.25) is 4.79 Å². The van der Waals surface area contributed by atoms with Crippen LogP contribution in [0.2, 0.25) is 0 Å². The van der Waals surface area contributed by atoms with E-state index in [1.807, 2.05) is 6.07 Å². The zero-order valence-electron chi connectivity index (χ0n) is 19.2. The summed E-state index contributed by atoms with van der Waals surface area (Å²) in [5, 5.41) is 15.2. The van der Waals surface area contributed by atoms with Crippen molar-refractivity contribution in [1.82, 2.24) is 0 Å². The predicted molar refractivity (Wildman–Crippen MR) is 129 cm³/mol. The van der Waals surface area contributed by atoms with Gasteiger partial charge in [0.05, 0.1) is 11.3 Å². The number of benzene rings is 2. The summed E-state index contributed by atoms with van der Waals surface area (Å²) >= 11 is 0. The number of hydrazone groups is 1. The molecule has 33 heavy (non-hydrogen) atoms. The Morgan fingerprint density at radius 2 is 1.85 bits per heavy atom. The topological polar surface area (TPSA) is 73.2 Å². The lowest BCUT2D eigenvalue weighted by molar-refractivity contribution is -0.129. The van der Waals surface area contributed by atoms with Crippen LogP contribution in [0.25, 0.3) is 6.08 Å². The van der Waals surface area contributed by atoms with Crippen molar-refractivity contribution in [3.63, 3.8) is 0 Å². The predicted octanol–water partition coefficient (Wildman–Crippen LogP) is 4.26. The molecule has 0 radical (unpaired) electrons. The second-order valence-electron chi connectivity index (χ2n) is 10.6. The van der Waals surface area contributed by atoms with E-state index in [1.54, 1.807) is 30.3 Å². The van der Waals surface area contributed by atoms with Gasteiger partial charge in [0.15, 0.2) is 5.71 Å². The van der Waals surface area contributed by atoms with Gasteiger partial charge in [0, 0.05) is 24.2 Å². The number of amides is 1. The maximum absolute atomic E-state index is 13.3. The second-order valence-corrected chi connectivity index (χ2v) is 10.6. The van der Waals surface area contributed by atoms with Crippen molar-refractivity contribution >= 4 is 35.0 Å². The molecule has 6 nitrogen and oxygen atoms in total. The summed E-state index contributed by atoms with van der Waals surface area (Å²) < 4.78 is 0. The fraction of sp³-hybridized carbons (Fsp3) is 0.370. The molecule has 0 saturated heterocycles. The number of anilines is 2. The number of rotatable bonds is 3. The first-order valence-corrected chi connectivity index (χ1v) is 11.6. The van der Waals surface area contributed by atoms with Crippen molar-refractivity contribution in [2.45, 2.75) is 50.9 Å². The summed E-state index contributed by atoms with van der Waals surface area (Å²) in [7, 11) is 0. The van der Waals surface area contributed by atoms with E-state index in [0.29, 0.717) is 5.69 Å². The Kier molecular flexibility index (Phi) is 4.02. The smallest absolute Gasteiger partial charge is 0.357 e. The van der Waals surface area contributed by atoms with Crippen LogP contribution < -0.4 is 9.91 Å². The number of para-hydroxylation sites is 1. The van der Waals surface area contributed by atoms with Gasteiger partial charge in [-0.25, -0.2) is 4.79 Å². The van der Waals surface area contributed by atoms with Crippen molar-refractivity contribution in [3.05, 3.63) is 64.2 Å². The highest BCUT2D eigenvalue weighted by Gasteiger charge is 2.49. The first-order valence-electron chi connectivity index (χ1n) is 11.6. The number of carboxylic acid groups (broad SMARTS) is 1. The first-order chi connectivity index (χ1) is 15.7. The van der Waals surface area contributed by atoms with Crippen LogP contribution in [-0.2, 0) is 26.8 Å². The fourth-order valence-electron chi connectivity index (χ4n) is 6.00. The molecule has 1 aliphatic carbocycles. The number of carbonyl (C=O) groups excluding carboxylic acids is 1. The zero-order valence-corrected chi connectivity index (χ0v) is 19.2. The third-order valence-electron chi connectivity index (χ3n) is 7.98. The lowest BCUT2D eigenvalue weighted by atomic mass is 9.57. The molecular weight excluding hydrogens is 414 g/mol. The van der Waals surface area contributed by atoms with Crippen LogP contribution in [0, 0.1) is 0 Å². The summed E-state index contributed by atoms with van der Waals surface area (Å²) in [6.45, 7) is 9.07. The molecular formula is C27H27N3O3. The lowest BCUT2D eigenvalue weighted by Crippen LogP contribution is -2.51. The molecule has 0 aromatic heterocycles. The van der Waals surface area contributed by atoms with Gasteiger partial charge in [0.1, 0.15) is 0 Å². The molecule has 168 valence electrons. The van der Waals surface area contributed by atoms with Crippen LogP contribution in [0.1, 0.15) is 55.9 Å². The number of hydrogen-bond acceptors (Lipinski definition) is 4. The highest BCUT2D eigenvalue weighted by Crippen LogP contribution is 2.58. The van der Waals surface area contributed by atoms with Crippen LogP contribution in [0.3, 0.4) is 0 Å². The van der Waals surface area contributed by atoms with Gasteiger partial charge in [-0.05, 0) is 71.2 Å². The van der Waals surface area contributed by atoms with Gasteiger partial charge in [-0.15, -0.1) is 0 Å². The second kappa shape index (κ2) is 6.56. The van der Waals surface area contributed by atoms with Crippen LogP contribution in [0.15, 0.2) is 47.1 Å². The molecule has 0 saturated carbocycles. The SMILES string of the molecule is CC1(C)CCN2CCC3(C)Cc4c(/C=C5\C(=O)N(c6ccccc6)N=C5C(=O)O)cc1c2c43. The van der Waals surface area contributed by atoms with E-state index < -0.39 is 11.9 Å². The molecule has 0 fully saturated rings. The van der Waals surface area contributed by atoms with Crippen molar-refractivity contribution in [3.8, 4) is 0 Å². The third kappa shape index (κ3) is 2.76. The summed E-state index contributed by atoms with van der Waals surface area (Å²) in [5.74, 6) is -1.59. The number of aliphatic carboxylic acids is 1. The van der Waals surface area contributed by atoms with Crippen LogP contribution in [-0.4, -0.2) is 35.8 Å². The zero-order chi connectivity index (χ0) is 23.1. The molecule has 1 unspecified atom stereocenters. The molecule has 0 bridgehead atoms. The average Bonchev–Trinajstić information content (AvgIpc) is 3.09. The Morgan fingerprint density at radius 3 is 2.58 bits per heavy atom. The van der Waals surface area contributed by atoms with Gasteiger partial charge in [-0.2, -0.15) is 10.1 Å². The minimum Gasteiger partial charge on any atom is -0.476 e. The Labute approximate surface area is 193 Å². The fourth-order valence-corrected chi connectivity index (χ4v) is 6.00. The van der Waals surface area contributed by atoms with E-state index in [4.69, 9.17) is 0 Å². The summed E-state index contributed by atoms with van der Waals surface area (Å²) in [6, 6.07) is 11.2. The number of carbonyl (C=O) groups is 2. The van der Waals surface area contributed by atoms with Crippen LogP contribution in [0.5, 0.6) is 0 Å². The van der Waals surface area contributed by atoms with Gasteiger partial charge >= 0.3 is 5.97 Å². The number of carboxylic acids is 1. The molecule has 2 aromatic rings. The Hall–Kier alpha value is -3.41. The average molecular weight is 442 g/mol. The molecule has 0 spiro atoms. The molecule has 3 heterocycles. The summed E-state index contributed by atoms with van der Waals surface area (Å²) in [5.41, 5.74) is 7.01. The molecule has 6 heteroatoms. The highest BCUT2D eigenvalue weighted by molar-refractivity contribution is 6.53. The standard InChI is InChI=1S/C27H27N3O3/c1-26(2)9-11-29-12-10-27(3)15-19-16(14-20(26)23(29)21(19)27)13-18-22(25(32)33)28-30(24(18)31)17-7-5-4-6-8-17/h4-8,13-14H,9-12,15H2,1-3H3,(H,32,33)/b18-13-. The van der Waals surface area contributed by atoms with Crippen molar-refractivity contribution in [2.24, 2.45) is 5.10 Å².